The quantitative estimate of drug-likeness (QED) is 0.106. The largest absolute Gasteiger partial charge is 0.349 e. The number of halogens is 3. The van der Waals surface area contributed by atoms with Crippen LogP contribution in [0.1, 0.15) is 126 Å². The Morgan fingerprint density at radius 1 is 0.848 bits per heavy atom. The van der Waals surface area contributed by atoms with Gasteiger partial charge in [0.25, 0.3) is 11.8 Å². The van der Waals surface area contributed by atoms with E-state index in [1.165, 1.54) is 6.07 Å². The minimum absolute atomic E-state index is 0.0134. The fourth-order valence-electron chi connectivity index (χ4n) is 12.3. The summed E-state index contributed by atoms with van der Waals surface area (Å²) < 4.78 is 16.3. The number of piperidine rings is 1. The molecule has 4 atom stereocenters. The van der Waals surface area contributed by atoms with Gasteiger partial charge in [0, 0.05) is 58.0 Å². The normalized spacial score (nSPS) is 26.5. The molecule has 1 unspecified atom stereocenters. The third-order valence-corrected chi connectivity index (χ3v) is 15.9. The number of rotatable bonds is 9. The zero-order chi connectivity index (χ0) is 45.9. The van der Waals surface area contributed by atoms with E-state index in [0.717, 1.165) is 68.9 Å². The minimum atomic E-state index is -1.35. The van der Waals surface area contributed by atoms with Crippen molar-refractivity contribution < 1.29 is 33.2 Å². The van der Waals surface area contributed by atoms with E-state index in [0.29, 0.717) is 64.8 Å². The third kappa shape index (κ3) is 7.56. The maximum absolute atomic E-state index is 16.3. The second kappa shape index (κ2) is 17.5. The standard InChI is InChI=1S/C51H51Cl2FN6O6/c52-31-16-21-37-39(26-31)57-49(66)51(37)42(35-8-5-9-38(53)43(35)54)44(59-50(51)24-2-1-3-25-50)47(64)56-33-19-14-30(15-20-33)45(62)55-32-17-11-28(12-18-32)10-13-29-6-4-7-34-36(29)27-60(48(34)65)40-22-23-41(61)58-46(40)63/h4-9,14-16,19-21,26,28,32,40,42,44,59H,1-3,10-13,17-18,22-25,27H2,(H,55,62)(H,56,64)(H,57,66)(H,58,61,63)/t28-,32-,40?,42-,44+,51+/m0/s1. The topological polar surface area (TPSA) is 166 Å². The molecule has 2 saturated carbocycles. The Morgan fingerprint density at radius 2 is 1.61 bits per heavy atom. The van der Waals surface area contributed by atoms with Gasteiger partial charge in [-0.05, 0) is 134 Å². The van der Waals surface area contributed by atoms with Crippen molar-refractivity contribution in [3.63, 3.8) is 0 Å². The molecule has 0 radical (unpaired) electrons. The fourth-order valence-corrected chi connectivity index (χ4v) is 12.6. The van der Waals surface area contributed by atoms with Gasteiger partial charge >= 0.3 is 0 Å². The van der Waals surface area contributed by atoms with Gasteiger partial charge in [0.1, 0.15) is 17.3 Å². The van der Waals surface area contributed by atoms with Crippen molar-refractivity contribution in [2.45, 2.75) is 125 Å². The van der Waals surface area contributed by atoms with Crippen molar-refractivity contribution in [3.8, 4) is 0 Å². The molecule has 2 saturated heterocycles. The molecule has 0 bridgehead atoms. The molecule has 4 aromatic carbocycles. The summed E-state index contributed by atoms with van der Waals surface area (Å²) in [6.07, 6.45) is 9.68. The van der Waals surface area contributed by atoms with Crippen LogP contribution in [0, 0.1) is 11.7 Å². The number of anilines is 2. The molecule has 0 aromatic heterocycles. The van der Waals surface area contributed by atoms with E-state index < -0.39 is 46.6 Å². The van der Waals surface area contributed by atoms with Gasteiger partial charge in [0.15, 0.2) is 0 Å². The van der Waals surface area contributed by atoms with E-state index in [1.54, 1.807) is 53.4 Å². The monoisotopic (exact) mass is 932 g/mol. The molecule has 10 rings (SSSR count). The Labute approximate surface area is 392 Å². The second-order valence-electron chi connectivity index (χ2n) is 19.0. The van der Waals surface area contributed by atoms with Crippen LogP contribution < -0.4 is 26.6 Å². The molecule has 6 aliphatic rings. The Hall–Kier alpha value is -5.63. The molecule has 6 amide bonds. The van der Waals surface area contributed by atoms with E-state index >= 15 is 4.39 Å². The highest BCUT2D eigenvalue weighted by Crippen LogP contribution is 2.63. The average molecular weight is 934 g/mol. The highest BCUT2D eigenvalue weighted by atomic mass is 35.5. The van der Waals surface area contributed by atoms with Crippen LogP contribution in [0.5, 0.6) is 0 Å². The fraction of sp³-hybridized carbons (Fsp3) is 0.412. The van der Waals surface area contributed by atoms with Crippen molar-refractivity contribution in [3.05, 3.63) is 128 Å². The van der Waals surface area contributed by atoms with Gasteiger partial charge in [-0.1, -0.05) is 72.8 Å². The molecule has 4 aromatic rings. The van der Waals surface area contributed by atoms with Crippen LogP contribution in [0.25, 0.3) is 0 Å². The Kier molecular flexibility index (Phi) is 11.8. The summed E-state index contributed by atoms with van der Waals surface area (Å²) in [7, 11) is 0. The van der Waals surface area contributed by atoms with E-state index in [-0.39, 0.29) is 46.7 Å². The molecule has 12 nitrogen and oxygen atoms in total. The number of aryl methyl sites for hydroxylation is 1. The molecule has 2 spiro atoms. The Morgan fingerprint density at radius 3 is 2.36 bits per heavy atom. The smallest absolute Gasteiger partial charge is 0.255 e. The molecule has 342 valence electrons. The number of nitrogens with zero attached hydrogens (tertiary/aromatic N) is 1. The van der Waals surface area contributed by atoms with Crippen LogP contribution in [0.15, 0.2) is 78.9 Å². The SMILES string of the molecule is O=C1CCC(N2Cc3c(CC[C@H]4CC[C@H](NC(=O)c5ccc(NC(=O)[C@@H]6NC7(CCCCC7)[C@@]7(C(=O)Nc8cc(Cl)ccc87)[C@H]6c6cccc(Cl)c6F)cc5)CC4)cccc3C2=O)C(=O)N1. The molecule has 4 heterocycles. The summed E-state index contributed by atoms with van der Waals surface area (Å²) in [5, 5.41) is 15.6. The summed E-state index contributed by atoms with van der Waals surface area (Å²) in [5.41, 5.74) is 2.76. The lowest BCUT2D eigenvalue weighted by Crippen LogP contribution is -2.60. The van der Waals surface area contributed by atoms with E-state index in [1.807, 2.05) is 18.2 Å². The first-order valence-corrected chi connectivity index (χ1v) is 23.9. The number of hydrogen-bond acceptors (Lipinski definition) is 7. The molecule has 15 heteroatoms. The number of benzene rings is 4. The number of carbonyl (C=O) groups is 6. The molecule has 5 N–H and O–H groups in total. The van der Waals surface area contributed by atoms with Crippen LogP contribution in [-0.4, -0.2) is 64.0 Å². The van der Waals surface area contributed by atoms with Crippen LogP contribution in [-0.2, 0) is 37.6 Å². The van der Waals surface area contributed by atoms with Crippen molar-refractivity contribution in [1.29, 1.82) is 0 Å². The van der Waals surface area contributed by atoms with Gasteiger partial charge in [0.05, 0.1) is 11.1 Å². The predicted molar refractivity (Wildman–Crippen MR) is 248 cm³/mol. The lowest BCUT2D eigenvalue weighted by Gasteiger charge is -2.47. The number of fused-ring (bicyclic) bond motifs is 4. The molecule has 4 aliphatic heterocycles. The summed E-state index contributed by atoms with van der Waals surface area (Å²) in [6.45, 7) is 0.360. The van der Waals surface area contributed by atoms with Crippen molar-refractivity contribution in [2.24, 2.45) is 5.92 Å². The number of carbonyl (C=O) groups excluding carboxylic acids is 6. The highest BCUT2D eigenvalue weighted by molar-refractivity contribution is 6.31. The van der Waals surface area contributed by atoms with Gasteiger partial charge in [-0.15, -0.1) is 0 Å². The number of nitrogens with one attached hydrogen (secondary N) is 5. The van der Waals surface area contributed by atoms with Crippen molar-refractivity contribution in [2.75, 3.05) is 10.6 Å². The maximum atomic E-state index is 16.3. The van der Waals surface area contributed by atoms with E-state index in [4.69, 9.17) is 23.2 Å². The van der Waals surface area contributed by atoms with Gasteiger partial charge < -0.3 is 20.9 Å². The molecule has 66 heavy (non-hydrogen) atoms. The van der Waals surface area contributed by atoms with Gasteiger partial charge in [0.2, 0.25) is 23.6 Å². The minimum Gasteiger partial charge on any atom is -0.349 e. The van der Waals surface area contributed by atoms with E-state index in [9.17, 15) is 28.8 Å². The number of hydrogen-bond donors (Lipinski definition) is 5. The van der Waals surface area contributed by atoms with Crippen LogP contribution in [0.3, 0.4) is 0 Å². The second-order valence-corrected chi connectivity index (χ2v) is 19.8. The summed E-state index contributed by atoms with van der Waals surface area (Å²) in [4.78, 5) is 82.0. The first-order valence-electron chi connectivity index (χ1n) is 23.2. The lowest BCUT2D eigenvalue weighted by molar-refractivity contribution is -0.137. The molecule has 4 fully saturated rings. The zero-order valence-electron chi connectivity index (χ0n) is 36.3. The average Bonchev–Trinajstić information content (AvgIpc) is 3.91. The van der Waals surface area contributed by atoms with Crippen LogP contribution in [0.4, 0.5) is 15.8 Å². The van der Waals surface area contributed by atoms with Gasteiger partial charge in [-0.3, -0.25) is 39.4 Å². The number of imide groups is 1. The maximum Gasteiger partial charge on any atom is 0.255 e. The lowest BCUT2D eigenvalue weighted by atomic mass is 9.55. The van der Waals surface area contributed by atoms with Gasteiger partial charge in [-0.2, -0.15) is 0 Å². The summed E-state index contributed by atoms with van der Waals surface area (Å²) in [6, 6.07) is 20.8. The Bertz CT molecular complexity index is 2660. The van der Waals surface area contributed by atoms with Crippen LogP contribution in [0.2, 0.25) is 10.0 Å². The Balaban J connectivity index is 0.784. The van der Waals surface area contributed by atoms with Gasteiger partial charge in [-0.25, -0.2) is 4.39 Å². The summed E-state index contributed by atoms with van der Waals surface area (Å²) >= 11 is 12.8. The highest BCUT2D eigenvalue weighted by Gasteiger charge is 2.72. The van der Waals surface area contributed by atoms with Crippen molar-refractivity contribution in [1.82, 2.24) is 20.9 Å². The summed E-state index contributed by atoms with van der Waals surface area (Å²) in [5.74, 6) is -3.04. The third-order valence-electron chi connectivity index (χ3n) is 15.4. The predicted octanol–water partition coefficient (Wildman–Crippen LogP) is 8.10. The molecule has 2 aliphatic carbocycles. The first kappa shape index (κ1) is 44.2. The molecular weight excluding hydrogens is 883 g/mol. The number of amides is 6. The first-order chi connectivity index (χ1) is 31.9. The van der Waals surface area contributed by atoms with Crippen LogP contribution >= 0.6 is 23.2 Å². The van der Waals surface area contributed by atoms with Crippen molar-refractivity contribution >= 4 is 70.0 Å². The van der Waals surface area contributed by atoms with E-state index in [2.05, 4.69) is 32.7 Å². The molecular formula is C51H51Cl2FN6O6. The zero-order valence-corrected chi connectivity index (χ0v) is 37.8.